The fourth-order valence-electron chi connectivity index (χ4n) is 1.97. The van der Waals surface area contributed by atoms with E-state index < -0.39 is 0 Å². The third-order valence-corrected chi connectivity index (χ3v) is 3.01. The maximum absolute atomic E-state index is 2.35. The standard InChI is InChI=1S/C15H26N.FH/c1-3-5-7-8-12-16-13-9-11-15(14-16)10-6-4-2;/h9,11,13-14H,3-8,10,12H2,1-2H3;1H/q+1;/p-1. The van der Waals surface area contributed by atoms with Gasteiger partial charge in [-0.1, -0.05) is 33.1 Å². The SMILES string of the molecule is CCCCCC[n+]1cccc(CCCC)c1.[F-]. The second-order valence-corrected chi connectivity index (χ2v) is 4.61. The molecule has 0 aliphatic rings. The molecule has 98 valence electrons. The van der Waals surface area contributed by atoms with Gasteiger partial charge in [-0.25, -0.2) is 4.57 Å². The van der Waals surface area contributed by atoms with E-state index >= 15 is 0 Å². The predicted molar refractivity (Wildman–Crippen MR) is 69.4 cm³/mol. The Morgan fingerprint density at radius 3 is 2.47 bits per heavy atom. The highest BCUT2D eigenvalue weighted by molar-refractivity contribution is 5.05. The molecular formula is C15H26FN. The van der Waals surface area contributed by atoms with E-state index in [1.807, 2.05) is 0 Å². The fourth-order valence-corrected chi connectivity index (χ4v) is 1.97. The van der Waals surface area contributed by atoms with Crippen molar-refractivity contribution < 1.29 is 9.27 Å². The van der Waals surface area contributed by atoms with Gasteiger partial charge in [-0.3, -0.25) is 0 Å². The largest absolute Gasteiger partial charge is 1.00 e. The zero-order chi connectivity index (χ0) is 11.6. The Kier molecular flexibility index (Phi) is 9.69. The van der Waals surface area contributed by atoms with Gasteiger partial charge in [0.2, 0.25) is 0 Å². The Morgan fingerprint density at radius 2 is 1.76 bits per heavy atom. The number of aryl methyl sites for hydroxylation is 2. The summed E-state index contributed by atoms with van der Waals surface area (Å²) in [4.78, 5) is 0. The Hall–Kier alpha value is -0.920. The number of aromatic nitrogens is 1. The number of rotatable bonds is 8. The molecule has 17 heavy (non-hydrogen) atoms. The smallest absolute Gasteiger partial charge is 0.171 e. The lowest BCUT2D eigenvalue weighted by atomic mass is 10.1. The minimum atomic E-state index is 0. The first-order chi connectivity index (χ1) is 7.86. The molecule has 0 aromatic carbocycles. The van der Waals surface area contributed by atoms with Gasteiger partial charge in [0.05, 0.1) is 0 Å². The Labute approximate surface area is 105 Å². The van der Waals surface area contributed by atoms with Gasteiger partial charge < -0.3 is 4.70 Å². The van der Waals surface area contributed by atoms with Crippen LogP contribution in [0.4, 0.5) is 0 Å². The summed E-state index contributed by atoms with van der Waals surface area (Å²) < 4.78 is 2.35. The van der Waals surface area contributed by atoms with Crippen LogP contribution < -0.4 is 9.27 Å². The van der Waals surface area contributed by atoms with E-state index in [1.165, 1.54) is 57.1 Å². The lowest BCUT2D eigenvalue weighted by Gasteiger charge is -2.00. The van der Waals surface area contributed by atoms with Gasteiger partial charge in [0, 0.05) is 18.1 Å². The molecule has 1 rings (SSSR count). The zero-order valence-electron chi connectivity index (χ0n) is 11.3. The Morgan fingerprint density at radius 1 is 1.00 bits per heavy atom. The summed E-state index contributed by atoms with van der Waals surface area (Å²) in [5.74, 6) is 0. The molecule has 1 aromatic heterocycles. The highest BCUT2D eigenvalue weighted by Crippen LogP contribution is 2.02. The molecule has 0 aliphatic carbocycles. The van der Waals surface area contributed by atoms with E-state index in [4.69, 9.17) is 0 Å². The summed E-state index contributed by atoms with van der Waals surface area (Å²) in [5, 5.41) is 0. The monoisotopic (exact) mass is 239 g/mol. The number of pyridine rings is 1. The fraction of sp³-hybridized carbons (Fsp3) is 0.667. The van der Waals surface area contributed by atoms with Crippen LogP contribution in [-0.2, 0) is 13.0 Å². The molecule has 0 amide bonds. The van der Waals surface area contributed by atoms with E-state index in [0.29, 0.717) is 0 Å². The molecule has 0 aliphatic heterocycles. The molecule has 1 nitrogen and oxygen atoms in total. The van der Waals surface area contributed by atoms with E-state index in [9.17, 15) is 0 Å². The van der Waals surface area contributed by atoms with Crippen LogP contribution >= 0.6 is 0 Å². The average molecular weight is 239 g/mol. The average Bonchev–Trinajstić information content (AvgIpc) is 2.33. The van der Waals surface area contributed by atoms with Gasteiger partial charge in [-0.15, -0.1) is 0 Å². The Balaban J connectivity index is 0.00000256. The molecule has 0 bridgehead atoms. The van der Waals surface area contributed by atoms with Crippen LogP contribution in [0.3, 0.4) is 0 Å². The Bertz CT molecular complexity index is 286. The normalized spacial score (nSPS) is 10.0. The number of halogens is 1. The number of unbranched alkanes of at least 4 members (excludes halogenated alkanes) is 4. The van der Waals surface area contributed by atoms with Gasteiger partial charge in [-0.2, -0.15) is 0 Å². The van der Waals surface area contributed by atoms with Crippen molar-refractivity contribution in [3.05, 3.63) is 30.1 Å². The van der Waals surface area contributed by atoms with Crippen molar-refractivity contribution in [2.75, 3.05) is 0 Å². The topological polar surface area (TPSA) is 3.88 Å². The summed E-state index contributed by atoms with van der Waals surface area (Å²) in [7, 11) is 0. The molecule has 0 radical (unpaired) electrons. The van der Waals surface area contributed by atoms with Crippen molar-refractivity contribution in [2.45, 2.75) is 65.3 Å². The molecule has 2 heteroatoms. The predicted octanol–water partition coefficient (Wildman–Crippen LogP) is 0.901. The van der Waals surface area contributed by atoms with Gasteiger partial charge in [0.15, 0.2) is 12.4 Å². The number of hydrogen-bond acceptors (Lipinski definition) is 0. The molecule has 0 spiro atoms. The van der Waals surface area contributed by atoms with Gasteiger partial charge in [0.1, 0.15) is 6.54 Å². The summed E-state index contributed by atoms with van der Waals surface area (Å²) >= 11 is 0. The van der Waals surface area contributed by atoms with Gasteiger partial charge >= 0.3 is 0 Å². The first kappa shape index (κ1) is 16.1. The minimum absolute atomic E-state index is 0. The maximum Gasteiger partial charge on any atom is 0.171 e. The number of nitrogens with zero attached hydrogens (tertiary/aromatic N) is 1. The van der Waals surface area contributed by atoms with Crippen molar-refractivity contribution in [3.63, 3.8) is 0 Å². The van der Waals surface area contributed by atoms with Crippen LogP contribution in [-0.4, -0.2) is 0 Å². The lowest BCUT2D eigenvalue weighted by molar-refractivity contribution is -0.697. The molecule has 0 N–H and O–H groups in total. The van der Waals surface area contributed by atoms with Crippen LogP contribution in [0.5, 0.6) is 0 Å². The molecule has 1 heterocycles. The second-order valence-electron chi connectivity index (χ2n) is 4.61. The molecule has 0 saturated carbocycles. The van der Waals surface area contributed by atoms with Crippen molar-refractivity contribution in [1.29, 1.82) is 0 Å². The summed E-state index contributed by atoms with van der Waals surface area (Å²) in [6.07, 6.45) is 13.7. The van der Waals surface area contributed by atoms with E-state index in [1.54, 1.807) is 0 Å². The van der Waals surface area contributed by atoms with Crippen molar-refractivity contribution in [1.82, 2.24) is 0 Å². The lowest BCUT2D eigenvalue weighted by Crippen LogP contribution is -3.00. The summed E-state index contributed by atoms with van der Waals surface area (Å²) in [5.41, 5.74) is 1.49. The molecule has 1 aromatic rings. The van der Waals surface area contributed by atoms with Crippen molar-refractivity contribution in [3.8, 4) is 0 Å². The second kappa shape index (κ2) is 10.2. The zero-order valence-corrected chi connectivity index (χ0v) is 11.3. The van der Waals surface area contributed by atoms with Gasteiger partial charge in [0.25, 0.3) is 0 Å². The highest BCUT2D eigenvalue weighted by Gasteiger charge is 2.02. The summed E-state index contributed by atoms with van der Waals surface area (Å²) in [6.45, 7) is 5.69. The molecular weight excluding hydrogens is 213 g/mol. The quantitative estimate of drug-likeness (QED) is 0.469. The third kappa shape index (κ3) is 7.09. The molecule has 0 fully saturated rings. The third-order valence-electron chi connectivity index (χ3n) is 3.01. The molecule has 0 saturated heterocycles. The maximum atomic E-state index is 2.35. The van der Waals surface area contributed by atoms with E-state index in [-0.39, 0.29) is 4.70 Å². The number of hydrogen-bond donors (Lipinski definition) is 0. The van der Waals surface area contributed by atoms with Crippen LogP contribution in [0.1, 0.15) is 57.9 Å². The van der Waals surface area contributed by atoms with E-state index in [0.717, 1.165) is 0 Å². The minimum Gasteiger partial charge on any atom is -1.00 e. The highest BCUT2D eigenvalue weighted by atomic mass is 19.0. The van der Waals surface area contributed by atoms with Crippen molar-refractivity contribution >= 4 is 0 Å². The molecule has 0 unspecified atom stereocenters. The summed E-state index contributed by atoms with van der Waals surface area (Å²) in [6, 6.07) is 4.43. The van der Waals surface area contributed by atoms with Crippen LogP contribution in [0, 0.1) is 0 Å². The van der Waals surface area contributed by atoms with Gasteiger partial charge in [-0.05, 0) is 25.3 Å². The van der Waals surface area contributed by atoms with Crippen molar-refractivity contribution in [2.24, 2.45) is 0 Å². The van der Waals surface area contributed by atoms with Crippen LogP contribution in [0.25, 0.3) is 0 Å². The first-order valence-corrected chi connectivity index (χ1v) is 6.84. The first-order valence-electron chi connectivity index (χ1n) is 6.84. The van der Waals surface area contributed by atoms with Crippen LogP contribution in [0.15, 0.2) is 24.5 Å². The van der Waals surface area contributed by atoms with Crippen LogP contribution in [0.2, 0.25) is 0 Å². The van der Waals surface area contributed by atoms with E-state index in [2.05, 4.69) is 42.9 Å². The molecule has 0 atom stereocenters.